The molecule has 1 amide bonds. The van der Waals surface area contributed by atoms with Crippen molar-refractivity contribution in [1.29, 1.82) is 0 Å². The van der Waals surface area contributed by atoms with E-state index in [1.54, 1.807) is 20.8 Å². The number of likely N-dealkylation sites (N-methyl/N-ethyl adjacent to an activating group) is 1. The van der Waals surface area contributed by atoms with Gasteiger partial charge in [0.1, 0.15) is 11.1 Å². The molecule has 1 saturated heterocycles. The second-order valence-corrected chi connectivity index (χ2v) is 6.23. The van der Waals surface area contributed by atoms with Crippen LogP contribution in [0.5, 0.6) is 0 Å². The van der Waals surface area contributed by atoms with E-state index < -0.39 is 23.2 Å². The highest BCUT2D eigenvalue weighted by atomic mass is 16.6. The Morgan fingerprint density at radius 3 is 2.50 bits per heavy atom. The van der Waals surface area contributed by atoms with Crippen LogP contribution in [0.1, 0.15) is 47.0 Å². The van der Waals surface area contributed by atoms with Crippen LogP contribution in [0.25, 0.3) is 0 Å². The van der Waals surface area contributed by atoms with Gasteiger partial charge in [-0.3, -0.25) is 4.90 Å². The molecule has 1 heterocycles. The molecule has 20 heavy (non-hydrogen) atoms. The van der Waals surface area contributed by atoms with Gasteiger partial charge in [-0.2, -0.15) is 0 Å². The quantitative estimate of drug-likeness (QED) is 0.861. The molecular weight excluding hydrogens is 262 g/mol. The maximum atomic E-state index is 12.2. The molecule has 0 saturated carbocycles. The van der Waals surface area contributed by atoms with E-state index in [-0.39, 0.29) is 18.9 Å². The largest absolute Gasteiger partial charge is 0.479 e. The van der Waals surface area contributed by atoms with E-state index in [0.717, 1.165) is 6.42 Å². The summed E-state index contributed by atoms with van der Waals surface area (Å²) in [6.07, 6.45) is 0.516. The molecule has 0 aliphatic carbocycles. The van der Waals surface area contributed by atoms with Crippen LogP contribution in [0, 0.1) is 0 Å². The van der Waals surface area contributed by atoms with Gasteiger partial charge in [0.2, 0.25) is 0 Å². The van der Waals surface area contributed by atoms with Crippen LogP contribution in [-0.2, 0) is 14.3 Å². The molecule has 0 aromatic rings. The van der Waals surface area contributed by atoms with Crippen molar-refractivity contribution in [3.05, 3.63) is 0 Å². The zero-order valence-electron chi connectivity index (χ0n) is 12.9. The first-order valence-electron chi connectivity index (χ1n) is 6.94. The van der Waals surface area contributed by atoms with Gasteiger partial charge in [0.05, 0.1) is 6.10 Å². The molecule has 1 aliphatic heterocycles. The maximum Gasteiger partial charge on any atom is 0.410 e. The number of amides is 1. The van der Waals surface area contributed by atoms with Crippen LogP contribution >= 0.6 is 0 Å². The number of carbonyl (C=O) groups is 2. The standard InChI is InChI=1S/C14H25NO5/c1-6-10-9-14(11(16)17,7-8-19-10)15(5)12(18)20-13(2,3)4/h10H,6-9H2,1-5H3,(H,16,17). The fraction of sp³-hybridized carbons (Fsp3) is 0.857. The first kappa shape index (κ1) is 16.8. The van der Waals surface area contributed by atoms with Crippen LogP contribution in [-0.4, -0.2) is 53.0 Å². The molecule has 0 aromatic heterocycles. The molecule has 6 heteroatoms. The Bertz CT molecular complexity index is 376. The van der Waals surface area contributed by atoms with Gasteiger partial charge >= 0.3 is 12.1 Å². The van der Waals surface area contributed by atoms with Crippen LogP contribution in [0.3, 0.4) is 0 Å². The predicted molar refractivity (Wildman–Crippen MR) is 73.6 cm³/mol. The molecule has 1 N–H and O–H groups in total. The monoisotopic (exact) mass is 287 g/mol. The van der Waals surface area contributed by atoms with Crippen molar-refractivity contribution < 1.29 is 24.2 Å². The van der Waals surface area contributed by atoms with Gasteiger partial charge in [-0.05, 0) is 27.2 Å². The third-order valence-corrected chi connectivity index (χ3v) is 3.60. The normalized spacial score (nSPS) is 26.9. The highest BCUT2D eigenvalue weighted by molar-refractivity contribution is 5.84. The van der Waals surface area contributed by atoms with E-state index in [4.69, 9.17) is 9.47 Å². The summed E-state index contributed by atoms with van der Waals surface area (Å²) in [6.45, 7) is 7.54. The average molecular weight is 287 g/mol. The SMILES string of the molecule is CCC1CC(C(=O)O)(N(C)C(=O)OC(C)(C)C)CCO1. The number of carboxylic acids is 1. The predicted octanol–water partition coefficient (Wildman–Crippen LogP) is 2.27. The van der Waals surface area contributed by atoms with Crippen molar-refractivity contribution >= 4 is 12.1 Å². The van der Waals surface area contributed by atoms with Gasteiger partial charge in [-0.1, -0.05) is 6.92 Å². The first-order valence-corrected chi connectivity index (χ1v) is 6.94. The van der Waals surface area contributed by atoms with Gasteiger partial charge in [0, 0.05) is 26.5 Å². The summed E-state index contributed by atoms with van der Waals surface area (Å²) in [4.78, 5) is 25.1. The number of rotatable bonds is 3. The zero-order valence-corrected chi connectivity index (χ0v) is 12.9. The molecule has 0 bridgehead atoms. The van der Waals surface area contributed by atoms with Crippen LogP contribution in [0.15, 0.2) is 0 Å². The second-order valence-electron chi connectivity index (χ2n) is 6.23. The van der Waals surface area contributed by atoms with Crippen molar-refractivity contribution in [2.75, 3.05) is 13.7 Å². The summed E-state index contributed by atoms with van der Waals surface area (Å²) in [5.74, 6) is -1.01. The third kappa shape index (κ3) is 3.62. The Hall–Kier alpha value is -1.30. The lowest BCUT2D eigenvalue weighted by atomic mass is 9.84. The summed E-state index contributed by atoms with van der Waals surface area (Å²) in [5, 5.41) is 9.61. The van der Waals surface area contributed by atoms with E-state index in [1.165, 1.54) is 11.9 Å². The van der Waals surface area contributed by atoms with E-state index in [1.807, 2.05) is 6.92 Å². The average Bonchev–Trinajstić information content (AvgIpc) is 2.35. The third-order valence-electron chi connectivity index (χ3n) is 3.60. The first-order chi connectivity index (χ1) is 9.12. The number of carbonyl (C=O) groups excluding carboxylic acids is 1. The van der Waals surface area contributed by atoms with Crippen LogP contribution < -0.4 is 0 Å². The van der Waals surface area contributed by atoms with E-state index in [9.17, 15) is 14.7 Å². The highest BCUT2D eigenvalue weighted by Crippen LogP contribution is 2.32. The van der Waals surface area contributed by atoms with Gasteiger partial charge in [-0.25, -0.2) is 9.59 Å². The van der Waals surface area contributed by atoms with E-state index in [2.05, 4.69) is 0 Å². The minimum Gasteiger partial charge on any atom is -0.479 e. The van der Waals surface area contributed by atoms with E-state index >= 15 is 0 Å². The zero-order chi connectivity index (χ0) is 15.6. The Balaban J connectivity index is 2.95. The van der Waals surface area contributed by atoms with Crippen LogP contribution in [0.4, 0.5) is 4.79 Å². The van der Waals surface area contributed by atoms with Crippen LogP contribution in [0.2, 0.25) is 0 Å². The molecule has 0 spiro atoms. The molecule has 1 fully saturated rings. The maximum absolute atomic E-state index is 12.2. The Morgan fingerprint density at radius 1 is 1.45 bits per heavy atom. The summed E-state index contributed by atoms with van der Waals surface area (Å²) >= 11 is 0. The summed E-state index contributed by atoms with van der Waals surface area (Å²) < 4.78 is 10.8. The van der Waals surface area contributed by atoms with E-state index in [0.29, 0.717) is 6.61 Å². The fourth-order valence-corrected chi connectivity index (χ4v) is 2.34. The van der Waals surface area contributed by atoms with Crippen molar-refractivity contribution in [3.63, 3.8) is 0 Å². The number of carboxylic acid groups (broad SMARTS) is 1. The smallest absolute Gasteiger partial charge is 0.410 e. The van der Waals surface area contributed by atoms with Crippen molar-refractivity contribution in [1.82, 2.24) is 4.90 Å². The summed E-state index contributed by atoms with van der Waals surface area (Å²) in [6, 6.07) is 0. The van der Waals surface area contributed by atoms with Crippen molar-refractivity contribution in [2.24, 2.45) is 0 Å². The molecule has 1 aliphatic rings. The molecule has 0 aromatic carbocycles. The van der Waals surface area contributed by atoms with Gasteiger partial charge in [-0.15, -0.1) is 0 Å². The van der Waals surface area contributed by atoms with Gasteiger partial charge in [0.25, 0.3) is 0 Å². The Morgan fingerprint density at radius 2 is 2.05 bits per heavy atom. The number of hydrogen-bond acceptors (Lipinski definition) is 4. The van der Waals surface area contributed by atoms with Gasteiger partial charge in [0.15, 0.2) is 0 Å². The number of ether oxygens (including phenoxy) is 2. The van der Waals surface area contributed by atoms with Gasteiger partial charge < -0.3 is 14.6 Å². The molecule has 2 unspecified atom stereocenters. The minimum absolute atomic E-state index is 0.148. The molecule has 116 valence electrons. The summed E-state index contributed by atoms with van der Waals surface area (Å²) in [5.41, 5.74) is -1.90. The lowest BCUT2D eigenvalue weighted by molar-refractivity contribution is -0.161. The lowest BCUT2D eigenvalue weighted by Crippen LogP contribution is -2.60. The highest BCUT2D eigenvalue weighted by Gasteiger charge is 2.49. The second kappa shape index (κ2) is 5.99. The number of aliphatic carboxylic acids is 1. The fourth-order valence-electron chi connectivity index (χ4n) is 2.34. The Kier molecular flexibility index (Phi) is 5.02. The molecule has 1 rings (SSSR count). The summed E-state index contributed by atoms with van der Waals surface area (Å²) in [7, 11) is 1.49. The minimum atomic E-state index is -1.25. The number of nitrogens with zero attached hydrogens (tertiary/aromatic N) is 1. The van der Waals surface area contributed by atoms with Crippen molar-refractivity contribution in [2.45, 2.75) is 64.2 Å². The molecular formula is C14H25NO5. The lowest BCUT2D eigenvalue weighted by Gasteiger charge is -2.43. The molecule has 0 radical (unpaired) electrons. The molecule has 6 nitrogen and oxygen atoms in total. The Labute approximate surface area is 120 Å². The number of hydrogen-bond donors (Lipinski definition) is 1. The van der Waals surface area contributed by atoms with Crippen molar-refractivity contribution in [3.8, 4) is 0 Å². The topological polar surface area (TPSA) is 76.1 Å². The molecule has 2 atom stereocenters.